The molecule has 4 rings (SSSR count). The summed E-state index contributed by atoms with van der Waals surface area (Å²) in [4.78, 5) is 43.0. The molecule has 0 unspecified atom stereocenters. The molecule has 2 heterocycles. The number of benzene rings is 2. The molecule has 31 heavy (non-hydrogen) atoms. The van der Waals surface area contributed by atoms with Gasteiger partial charge in [0.1, 0.15) is 0 Å². The number of rotatable bonds is 4. The Balaban J connectivity index is 1.44. The molecule has 0 aliphatic carbocycles. The minimum atomic E-state index is -0.472. The van der Waals surface area contributed by atoms with Crippen LogP contribution in [0.2, 0.25) is 0 Å². The Morgan fingerprint density at radius 3 is 2.52 bits per heavy atom. The number of nitrogens with one attached hydrogen (secondary N) is 1. The predicted molar refractivity (Wildman–Crippen MR) is 119 cm³/mol. The fraction of sp³-hybridized carbons (Fsp3) is 0.458. The first kappa shape index (κ1) is 21.3. The van der Waals surface area contributed by atoms with Crippen LogP contribution in [0.15, 0.2) is 42.5 Å². The van der Waals surface area contributed by atoms with Gasteiger partial charge < -0.3 is 15.1 Å². The minimum absolute atomic E-state index is 0.0176. The monoisotopic (exact) mass is 422 g/mol. The number of amides is 3. The van der Waals surface area contributed by atoms with Gasteiger partial charge >= 0.3 is 0 Å². The van der Waals surface area contributed by atoms with Gasteiger partial charge in [-0.1, -0.05) is 36.4 Å². The number of hydrogen-bond acceptors (Lipinski definition) is 4. The van der Waals surface area contributed by atoms with E-state index in [0.717, 1.165) is 12.0 Å². The zero-order valence-corrected chi connectivity index (χ0v) is 18.0. The number of fused-ring (bicyclic) bond motifs is 1. The molecule has 2 aliphatic heterocycles. The molecule has 7 nitrogen and oxygen atoms in total. The third kappa shape index (κ3) is 5.05. The molecule has 0 saturated carbocycles. The van der Waals surface area contributed by atoms with Crippen LogP contribution in [0, 0.1) is 0 Å². The topological polar surface area (TPSA) is 73.0 Å². The van der Waals surface area contributed by atoms with Gasteiger partial charge in [0.25, 0.3) is 0 Å². The highest BCUT2D eigenvalue weighted by molar-refractivity contribution is 5.89. The number of piperazine rings is 1. The summed E-state index contributed by atoms with van der Waals surface area (Å²) in [7, 11) is 0. The molecule has 0 spiro atoms. The maximum atomic E-state index is 13.0. The lowest BCUT2D eigenvalue weighted by Gasteiger charge is -2.35. The van der Waals surface area contributed by atoms with Crippen molar-refractivity contribution in [3.05, 3.63) is 48.0 Å². The SMILES string of the molecule is CC(=O)N1CCCN(C(=O)C[C@H]2C(=O)NCCN2Cc2ccc3ccccc3c2)CC1. The first-order valence-corrected chi connectivity index (χ1v) is 11.0. The van der Waals surface area contributed by atoms with E-state index in [-0.39, 0.29) is 24.1 Å². The molecule has 2 aliphatic rings. The van der Waals surface area contributed by atoms with Crippen LogP contribution < -0.4 is 5.32 Å². The molecule has 2 aromatic carbocycles. The number of hydrogen-bond donors (Lipinski definition) is 1. The first-order chi connectivity index (χ1) is 15.0. The standard InChI is InChI=1S/C24H30N4O3/c1-18(29)26-10-4-11-27(14-13-26)23(30)16-22-24(31)25-9-12-28(22)17-19-7-8-20-5-2-3-6-21(20)15-19/h2-3,5-8,15,22H,4,9-14,16-17H2,1H3,(H,25,31)/t22-/m0/s1. The highest BCUT2D eigenvalue weighted by Gasteiger charge is 2.33. The van der Waals surface area contributed by atoms with Crippen molar-refractivity contribution in [1.82, 2.24) is 20.0 Å². The van der Waals surface area contributed by atoms with Gasteiger partial charge in [-0.2, -0.15) is 0 Å². The van der Waals surface area contributed by atoms with E-state index in [1.54, 1.807) is 16.7 Å². The van der Waals surface area contributed by atoms with Gasteiger partial charge in [0.15, 0.2) is 0 Å². The van der Waals surface area contributed by atoms with Crippen LogP contribution in [0.5, 0.6) is 0 Å². The zero-order chi connectivity index (χ0) is 21.8. The summed E-state index contributed by atoms with van der Waals surface area (Å²) in [6.07, 6.45) is 0.933. The highest BCUT2D eigenvalue weighted by atomic mass is 16.2. The molecule has 164 valence electrons. The van der Waals surface area contributed by atoms with E-state index >= 15 is 0 Å². The summed E-state index contributed by atoms with van der Waals surface area (Å²) in [5.74, 6) is -0.0564. The van der Waals surface area contributed by atoms with Crippen LogP contribution in [-0.4, -0.2) is 77.7 Å². The molecular formula is C24H30N4O3. The summed E-state index contributed by atoms with van der Waals surface area (Å²) in [5.41, 5.74) is 1.14. The van der Waals surface area contributed by atoms with Crippen LogP contribution >= 0.6 is 0 Å². The summed E-state index contributed by atoms with van der Waals surface area (Å²) in [5, 5.41) is 5.28. The molecule has 1 N–H and O–H groups in total. The molecule has 7 heteroatoms. The van der Waals surface area contributed by atoms with Gasteiger partial charge in [0, 0.05) is 52.7 Å². The normalized spacial score (nSPS) is 20.4. The largest absolute Gasteiger partial charge is 0.353 e. The average Bonchev–Trinajstić information content (AvgIpc) is 3.03. The molecule has 3 amide bonds. The van der Waals surface area contributed by atoms with E-state index < -0.39 is 6.04 Å². The lowest BCUT2D eigenvalue weighted by Crippen LogP contribution is -2.56. The maximum absolute atomic E-state index is 13.0. The quantitative estimate of drug-likeness (QED) is 0.813. The molecule has 0 radical (unpaired) electrons. The van der Waals surface area contributed by atoms with Crippen molar-refractivity contribution in [1.29, 1.82) is 0 Å². The van der Waals surface area contributed by atoms with Crippen molar-refractivity contribution in [3.8, 4) is 0 Å². The number of carbonyl (C=O) groups excluding carboxylic acids is 3. The Morgan fingerprint density at radius 2 is 1.71 bits per heavy atom. The number of carbonyl (C=O) groups is 3. The lowest BCUT2D eigenvalue weighted by atomic mass is 10.0. The fourth-order valence-corrected chi connectivity index (χ4v) is 4.52. The Labute approximate surface area is 183 Å². The molecule has 2 saturated heterocycles. The third-order valence-corrected chi connectivity index (χ3v) is 6.30. The Bertz CT molecular complexity index is 976. The summed E-state index contributed by atoms with van der Waals surface area (Å²) in [6.45, 7) is 5.89. The van der Waals surface area contributed by atoms with Crippen LogP contribution in [0.3, 0.4) is 0 Å². The van der Waals surface area contributed by atoms with E-state index in [0.29, 0.717) is 45.8 Å². The highest BCUT2D eigenvalue weighted by Crippen LogP contribution is 2.20. The molecule has 2 fully saturated rings. The average molecular weight is 423 g/mol. The van der Waals surface area contributed by atoms with Crippen molar-refractivity contribution in [3.63, 3.8) is 0 Å². The Morgan fingerprint density at radius 1 is 0.968 bits per heavy atom. The second kappa shape index (κ2) is 9.47. The molecule has 2 aromatic rings. The molecule has 1 atom stereocenters. The Hall–Kier alpha value is -2.93. The minimum Gasteiger partial charge on any atom is -0.353 e. The molecular weight excluding hydrogens is 392 g/mol. The maximum Gasteiger partial charge on any atom is 0.237 e. The predicted octanol–water partition coefficient (Wildman–Crippen LogP) is 1.61. The van der Waals surface area contributed by atoms with Crippen LogP contribution in [0.1, 0.15) is 25.3 Å². The van der Waals surface area contributed by atoms with E-state index in [2.05, 4.69) is 40.5 Å². The first-order valence-electron chi connectivity index (χ1n) is 11.0. The number of nitrogens with zero attached hydrogens (tertiary/aromatic N) is 3. The van der Waals surface area contributed by atoms with Crippen LogP contribution in [-0.2, 0) is 20.9 Å². The smallest absolute Gasteiger partial charge is 0.237 e. The Kier molecular flexibility index (Phi) is 6.51. The van der Waals surface area contributed by atoms with Crippen LogP contribution in [0.4, 0.5) is 0 Å². The van der Waals surface area contributed by atoms with Gasteiger partial charge in [-0.25, -0.2) is 0 Å². The van der Waals surface area contributed by atoms with Crippen molar-refractivity contribution in [2.75, 3.05) is 39.3 Å². The molecule has 0 aromatic heterocycles. The zero-order valence-electron chi connectivity index (χ0n) is 18.0. The van der Waals surface area contributed by atoms with Gasteiger partial charge in [0.05, 0.1) is 12.5 Å². The van der Waals surface area contributed by atoms with Crippen molar-refractivity contribution < 1.29 is 14.4 Å². The summed E-state index contributed by atoms with van der Waals surface area (Å²) >= 11 is 0. The van der Waals surface area contributed by atoms with E-state index in [9.17, 15) is 14.4 Å². The molecule has 0 bridgehead atoms. The second-order valence-corrected chi connectivity index (χ2v) is 8.40. The van der Waals surface area contributed by atoms with E-state index in [1.807, 2.05) is 12.1 Å². The third-order valence-electron chi connectivity index (χ3n) is 6.30. The van der Waals surface area contributed by atoms with Crippen molar-refractivity contribution in [2.24, 2.45) is 0 Å². The van der Waals surface area contributed by atoms with Gasteiger partial charge in [0.2, 0.25) is 17.7 Å². The second-order valence-electron chi connectivity index (χ2n) is 8.40. The van der Waals surface area contributed by atoms with Gasteiger partial charge in [-0.05, 0) is 28.8 Å². The van der Waals surface area contributed by atoms with Gasteiger partial charge in [-0.15, -0.1) is 0 Å². The summed E-state index contributed by atoms with van der Waals surface area (Å²) in [6, 6.07) is 14.1. The van der Waals surface area contributed by atoms with E-state index in [1.165, 1.54) is 10.8 Å². The van der Waals surface area contributed by atoms with Crippen LogP contribution in [0.25, 0.3) is 10.8 Å². The van der Waals surface area contributed by atoms with E-state index in [4.69, 9.17) is 0 Å². The van der Waals surface area contributed by atoms with Gasteiger partial charge in [-0.3, -0.25) is 19.3 Å². The lowest BCUT2D eigenvalue weighted by molar-refractivity contribution is -0.139. The van der Waals surface area contributed by atoms with Crippen molar-refractivity contribution in [2.45, 2.75) is 32.4 Å². The summed E-state index contributed by atoms with van der Waals surface area (Å²) < 4.78 is 0. The van der Waals surface area contributed by atoms with Crippen molar-refractivity contribution >= 4 is 28.5 Å². The fourth-order valence-electron chi connectivity index (χ4n) is 4.52.